The Kier molecular flexibility index (Phi) is 5.45. The summed E-state index contributed by atoms with van der Waals surface area (Å²) in [5.41, 5.74) is 2.85. The fraction of sp³-hybridized carbons (Fsp3) is 0.444. The highest BCUT2D eigenvalue weighted by molar-refractivity contribution is 5.87. The zero-order valence-corrected chi connectivity index (χ0v) is 14.7. The molecule has 2 aliphatic carbocycles. The van der Waals surface area contributed by atoms with Gasteiger partial charge in [0.05, 0.1) is 0 Å². The van der Waals surface area contributed by atoms with E-state index in [1.165, 1.54) is 0 Å². The topological polar surface area (TPSA) is 153 Å². The van der Waals surface area contributed by atoms with E-state index in [1.807, 2.05) is 6.07 Å². The van der Waals surface area contributed by atoms with Crippen molar-refractivity contribution in [1.29, 1.82) is 5.26 Å². The predicted molar refractivity (Wildman–Crippen MR) is 94.7 cm³/mol. The van der Waals surface area contributed by atoms with E-state index in [4.69, 9.17) is 10.4 Å². The van der Waals surface area contributed by atoms with Crippen molar-refractivity contribution < 1.29 is 9.90 Å². The van der Waals surface area contributed by atoms with Crippen molar-refractivity contribution in [3.63, 3.8) is 0 Å². The number of H-pyrrole nitrogens is 2. The molecule has 140 valence electrons. The summed E-state index contributed by atoms with van der Waals surface area (Å²) in [5.74, 6) is -1.07. The molecule has 3 N–H and O–H groups in total. The van der Waals surface area contributed by atoms with Crippen LogP contribution >= 0.6 is 0 Å². The zero-order chi connectivity index (χ0) is 19.4. The highest BCUT2D eigenvalue weighted by atomic mass is 16.4. The van der Waals surface area contributed by atoms with Crippen LogP contribution in [0.1, 0.15) is 64.1 Å². The van der Waals surface area contributed by atoms with Gasteiger partial charge in [0, 0.05) is 11.1 Å². The van der Waals surface area contributed by atoms with E-state index in [0.29, 0.717) is 29.7 Å². The standard InChI is InChI=1S/C9H9N3O.C9H10N2O3/c10-5-8-6-3-1-2-4-7(6)9(13)12-11-8;12-8-6-4-2-1-3-5(6)7(9(13)14)10-11-8/h1-4H2,(H,12,13);1-4H2,(H,11,12)(H,13,14). The number of rotatable bonds is 1. The van der Waals surface area contributed by atoms with E-state index in [0.717, 1.165) is 49.7 Å². The molecule has 0 aromatic carbocycles. The van der Waals surface area contributed by atoms with Gasteiger partial charge >= 0.3 is 5.97 Å². The Labute approximate surface area is 154 Å². The maximum Gasteiger partial charge on any atom is 0.356 e. The van der Waals surface area contributed by atoms with Crippen molar-refractivity contribution in [3.8, 4) is 6.07 Å². The summed E-state index contributed by atoms with van der Waals surface area (Å²) < 4.78 is 0. The van der Waals surface area contributed by atoms with Gasteiger partial charge in [0.25, 0.3) is 11.1 Å². The third-order valence-electron chi connectivity index (χ3n) is 4.90. The lowest BCUT2D eigenvalue weighted by Crippen LogP contribution is -2.24. The van der Waals surface area contributed by atoms with E-state index >= 15 is 0 Å². The first kappa shape index (κ1) is 18.5. The highest BCUT2D eigenvalue weighted by Crippen LogP contribution is 2.20. The fourth-order valence-corrected chi connectivity index (χ4v) is 3.59. The number of nitrogens with one attached hydrogen (secondary N) is 2. The summed E-state index contributed by atoms with van der Waals surface area (Å²) in [5, 5.41) is 29.4. The van der Waals surface area contributed by atoms with E-state index in [9.17, 15) is 14.4 Å². The van der Waals surface area contributed by atoms with Crippen LogP contribution in [-0.2, 0) is 25.7 Å². The van der Waals surface area contributed by atoms with Crippen LogP contribution in [0.4, 0.5) is 0 Å². The van der Waals surface area contributed by atoms with Crippen LogP contribution in [0.5, 0.6) is 0 Å². The van der Waals surface area contributed by atoms with Crippen LogP contribution in [0.3, 0.4) is 0 Å². The first-order valence-electron chi connectivity index (χ1n) is 8.87. The Balaban J connectivity index is 0.000000156. The Hall–Kier alpha value is -3.28. The number of aromatic amines is 2. The summed E-state index contributed by atoms with van der Waals surface area (Å²) >= 11 is 0. The number of fused-ring (bicyclic) bond motifs is 2. The number of hydrogen-bond acceptors (Lipinski definition) is 6. The molecule has 2 aromatic heterocycles. The van der Waals surface area contributed by atoms with E-state index in [1.54, 1.807) is 0 Å². The van der Waals surface area contributed by atoms with Crippen molar-refractivity contribution in [3.05, 3.63) is 54.3 Å². The molecule has 27 heavy (non-hydrogen) atoms. The molecule has 0 amide bonds. The smallest absolute Gasteiger partial charge is 0.356 e. The molecule has 0 radical (unpaired) electrons. The number of hydrogen-bond donors (Lipinski definition) is 3. The second-order valence-electron chi connectivity index (χ2n) is 6.55. The van der Waals surface area contributed by atoms with Gasteiger partial charge in [-0.05, 0) is 62.5 Å². The predicted octanol–water partition coefficient (Wildman–Crippen LogP) is 0.867. The molecule has 0 fully saturated rings. The van der Waals surface area contributed by atoms with Crippen LogP contribution in [0, 0.1) is 11.3 Å². The largest absolute Gasteiger partial charge is 0.476 e. The molecule has 2 heterocycles. The van der Waals surface area contributed by atoms with Gasteiger partial charge in [0.2, 0.25) is 0 Å². The minimum Gasteiger partial charge on any atom is -0.476 e. The lowest BCUT2D eigenvalue weighted by molar-refractivity contribution is 0.0687. The minimum absolute atomic E-state index is 0.000648. The Bertz CT molecular complexity index is 1030. The van der Waals surface area contributed by atoms with Gasteiger partial charge in [0.15, 0.2) is 11.4 Å². The van der Waals surface area contributed by atoms with Gasteiger partial charge in [-0.2, -0.15) is 15.5 Å². The zero-order valence-electron chi connectivity index (χ0n) is 14.7. The van der Waals surface area contributed by atoms with Crippen molar-refractivity contribution in [1.82, 2.24) is 20.4 Å². The first-order chi connectivity index (χ1) is 13.0. The number of aromatic nitrogens is 4. The molecule has 0 unspecified atom stereocenters. The van der Waals surface area contributed by atoms with Crippen LogP contribution in [0.15, 0.2) is 9.59 Å². The lowest BCUT2D eigenvalue weighted by atomic mass is 9.92. The van der Waals surface area contributed by atoms with Crippen molar-refractivity contribution in [2.75, 3.05) is 0 Å². The molecule has 0 saturated heterocycles. The monoisotopic (exact) mass is 369 g/mol. The molecule has 2 aromatic rings. The van der Waals surface area contributed by atoms with Crippen LogP contribution in [0.25, 0.3) is 0 Å². The molecular weight excluding hydrogens is 350 g/mol. The Morgan fingerprint density at radius 1 is 0.852 bits per heavy atom. The Morgan fingerprint density at radius 2 is 1.33 bits per heavy atom. The van der Waals surface area contributed by atoms with Crippen molar-refractivity contribution >= 4 is 5.97 Å². The van der Waals surface area contributed by atoms with Gasteiger partial charge in [-0.3, -0.25) is 9.59 Å². The minimum atomic E-state index is -1.07. The molecule has 4 rings (SSSR count). The second-order valence-corrected chi connectivity index (χ2v) is 6.55. The maximum absolute atomic E-state index is 11.3. The number of aromatic carboxylic acids is 1. The quantitative estimate of drug-likeness (QED) is 0.674. The molecule has 0 bridgehead atoms. The van der Waals surface area contributed by atoms with E-state index in [2.05, 4.69) is 20.4 Å². The summed E-state index contributed by atoms with van der Waals surface area (Å²) in [4.78, 5) is 33.4. The molecule has 9 nitrogen and oxygen atoms in total. The van der Waals surface area contributed by atoms with Gasteiger partial charge in [-0.25, -0.2) is 15.0 Å². The fourth-order valence-electron chi connectivity index (χ4n) is 3.59. The molecule has 2 aliphatic rings. The van der Waals surface area contributed by atoms with Crippen LogP contribution in [0.2, 0.25) is 0 Å². The number of nitriles is 1. The first-order valence-corrected chi connectivity index (χ1v) is 8.87. The summed E-state index contributed by atoms with van der Waals surface area (Å²) in [6.07, 6.45) is 6.85. The molecule has 0 saturated carbocycles. The average molecular weight is 369 g/mol. The molecular formula is C18H19N5O4. The number of carbonyl (C=O) groups is 1. The average Bonchev–Trinajstić information content (AvgIpc) is 2.69. The normalized spacial score (nSPS) is 14.8. The second kappa shape index (κ2) is 7.95. The van der Waals surface area contributed by atoms with E-state index in [-0.39, 0.29) is 16.8 Å². The molecule has 0 aliphatic heterocycles. The Morgan fingerprint density at radius 3 is 1.89 bits per heavy atom. The molecule has 9 heteroatoms. The van der Waals surface area contributed by atoms with Crippen LogP contribution < -0.4 is 11.1 Å². The van der Waals surface area contributed by atoms with Gasteiger partial charge < -0.3 is 5.11 Å². The number of carboxylic acids is 1. The van der Waals surface area contributed by atoms with Crippen molar-refractivity contribution in [2.45, 2.75) is 51.4 Å². The molecule has 0 atom stereocenters. The lowest BCUT2D eigenvalue weighted by Gasteiger charge is -2.14. The van der Waals surface area contributed by atoms with Crippen LogP contribution in [-0.4, -0.2) is 31.5 Å². The van der Waals surface area contributed by atoms with Gasteiger partial charge in [-0.15, -0.1) is 0 Å². The number of nitrogens with zero attached hydrogens (tertiary/aromatic N) is 3. The third kappa shape index (κ3) is 3.79. The summed E-state index contributed by atoms with van der Waals surface area (Å²) in [6, 6.07) is 2.00. The number of carboxylic acid groups (broad SMARTS) is 1. The highest BCUT2D eigenvalue weighted by Gasteiger charge is 2.21. The summed E-state index contributed by atoms with van der Waals surface area (Å²) in [7, 11) is 0. The summed E-state index contributed by atoms with van der Waals surface area (Å²) in [6.45, 7) is 0. The van der Waals surface area contributed by atoms with Gasteiger partial charge in [-0.1, -0.05) is 0 Å². The maximum atomic E-state index is 11.3. The van der Waals surface area contributed by atoms with Gasteiger partial charge in [0.1, 0.15) is 6.07 Å². The SMILES string of the molecule is N#Cc1n[nH]c(=O)c2c1CCCC2.O=C(O)c1n[nH]c(=O)c2c1CCCC2. The molecule has 0 spiro atoms. The third-order valence-corrected chi connectivity index (χ3v) is 4.90. The van der Waals surface area contributed by atoms with Crippen molar-refractivity contribution in [2.24, 2.45) is 0 Å². The van der Waals surface area contributed by atoms with E-state index < -0.39 is 5.97 Å².